The highest BCUT2D eigenvalue weighted by atomic mass is 16.4. The molecule has 5 N–H and O–H groups in total. The van der Waals surface area contributed by atoms with Gasteiger partial charge in [-0.25, -0.2) is 9.59 Å². The van der Waals surface area contributed by atoms with Crippen molar-refractivity contribution in [3.05, 3.63) is 35.9 Å². The largest absolute Gasteiger partial charge is 0.480 e. The molecule has 0 fully saturated rings. The lowest BCUT2D eigenvalue weighted by Gasteiger charge is -2.20. The van der Waals surface area contributed by atoms with Crippen molar-refractivity contribution in [1.29, 1.82) is 0 Å². The molecule has 1 aromatic carbocycles. The zero-order valence-electron chi connectivity index (χ0n) is 11.7. The van der Waals surface area contributed by atoms with Crippen molar-refractivity contribution < 1.29 is 19.5 Å². The van der Waals surface area contributed by atoms with Gasteiger partial charge in [0.1, 0.15) is 12.1 Å². The Morgan fingerprint density at radius 1 is 1.19 bits per heavy atom. The van der Waals surface area contributed by atoms with Crippen molar-refractivity contribution in [2.75, 3.05) is 0 Å². The molecule has 7 nitrogen and oxygen atoms in total. The van der Waals surface area contributed by atoms with E-state index in [-0.39, 0.29) is 0 Å². The number of carbonyl (C=O) groups excluding carboxylic acids is 2. The highest BCUT2D eigenvalue weighted by molar-refractivity contribution is 5.90. The van der Waals surface area contributed by atoms with Crippen LogP contribution in [-0.2, 0) is 9.59 Å². The van der Waals surface area contributed by atoms with Gasteiger partial charge in [-0.05, 0) is 12.0 Å². The molecule has 0 saturated heterocycles. The first-order chi connectivity index (χ1) is 9.95. The van der Waals surface area contributed by atoms with E-state index in [2.05, 4.69) is 10.6 Å². The van der Waals surface area contributed by atoms with Gasteiger partial charge in [0.15, 0.2) is 0 Å². The number of urea groups is 1. The van der Waals surface area contributed by atoms with Crippen molar-refractivity contribution in [1.82, 2.24) is 10.6 Å². The van der Waals surface area contributed by atoms with Gasteiger partial charge in [0.2, 0.25) is 5.91 Å². The van der Waals surface area contributed by atoms with Gasteiger partial charge in [0.05, 0.1) is 0 Å². The quantitative estimate of drug-likeness (QED) is 0.593. The minimum Gasteiger partial charge on any atom is -0.480 e. The molecule has 0 bridgehead atoms. The molecular formula is C14H19N3O4. The normalized spacial score (nSPS) is 13.0. The first kappa shape index (κ1) is 16.5. The van der Waals surface area contributed by atoms with E-state index in [0.29, 0.717) is 18.4 Å². The lowest BCUT2D eigenvalue weighted by molar-refractivity contribution is -0.142. The fraction of sp³-hybridized carbons (Fsp3) is 0.357. The molecule has 0 radical (unpaired) electrons. The van der Waals surface area contributed by atoms with E-state index >= 15 is 0 Å². The van der Waals surface area contributed by atoms with Crippen LogP contribution in [0.5, 0.6) is 0 Å². The zero-order chi connectivity index (χ0) is 15.8. The standard InChI is InChI=1S/C14H19N3O4/c1-2-6-10(13(19)20)16-12(18)11(17-14(15)21)9-7-4-3-5-8-9/h3-5,7-8,10-11H,2,6H2,1H3,(H,16,18)(H,19,20)(H3,15,17,21)/t10-,11?/m0/s1. The van der Waals surface area contributed by atoms with Crippen LogP contribution >= 0.6 is 0 Å². The molecular weight excluding hydrogens is 274 g/mol. The van der Waals surface area contributed by atoms with Crippen LogP contribution in [0.15, 0.2) is 30.3 Å². The topological polar surface area (TPSA) is 122 Å². The second-order valence-corrected chi connectivity index (χ2v) is 4.54. The molecule has 0 spiro atoms. The number of carbonyl (C=O) groups is 3. The first-order valence-electron chi connectivity index (χ1n) is 6.59. The van der Waals surface area contributed by atoms with Gasteiger partial charge in [-0.3, -0.25) is 4.79 Å². The number of benzene rings is 1. The highest BCUT2D eigenvalue weighted by Gasteiger charge is 2.26. The molecule has 7 heteroatoms. The predicted octanol–water partition coefficient (Wildman–Crippen LogP) is 0.765. The van der Waals surface area contributed by atoms with Gasteiger partial charge >= 0.3 is 12.0 Å². The van der Waals surface area contributed by atoms with Crippen molar-refractivity contribution in [3.63, 3.8) is 0 Å². The summed E-state index contributed by atoms with van der Waals surface area (Å²) in [5.74, 6) is -1.73. The SMILES string of the molecule is CCC[C@H](NC(=O)C(NC(N)=O)c1ccccc1)C(=O)O. The lowest BCUT2D eigenvalue weighted by Crippen LogP contribution is -2.48. The molecule has 1 unspecified atom stereocenters. The maximum atomic E-state index is 12.2. The average Bonchev–Trinajstić information content (AvgIpc) is 2.44. The minimum absolute atomic E-state index is 0.305. The van der Waals surface area contributed by atoms with E-state index in [4.69, 9.17) is 10.8 Å². The number of hydrogen-bond acceptors (Lipinski definition) is 3. The van der Waals surface area contributed by atoms with Gasteiger partial charge in [0.25, 0.3) is 0 Å². The molecule has 3 amide bonds. The molecule has 0 saturated carbocycles. The maximum Gasteiger partial charge on any atom is 0.326 e. The summed E-state index contributed by atoms with van der Waals surface area (Å²) in [5, 5.41) is 13.8. The van der Waals surface area contributed by atoms with Crippen LogP contribution in [0.1, 0.15) is 31.4 Å². The Kier molecular flexibility index (Phi) is 6.19. The van der Waals surface area contributed by atoms with Gasteiger partial charge in [-0.1, -0.05) is 43.7 Å². The predicted molar refractivity (Wildman–Crippen MR) is 76.4 cm³/mol. The number of aliphatic carboxylic acids is 1. The summed E-state index contributed by atoms with van der Waals surface area (Å²) >= 11 is 0. The second-order valence-electron chi connectivity index (χ2n) is 4.54. The molecule has 2 atom stereocenters. The second kappa shape index (κ2) is 7.88. The van der Waals surface area contributed by atoms with Crippen molar-refractivity contribution in [3.8, 4) is 0 Å². The fourth-order valence-corrected chi connectivity index (χ4v) is 1.89. The molecule has 0 aliphatic rings. The van der Waals surface area contributed by atoms with Crippen LogP contribution in [-0.4, -0.2) is 29.1 Å². The molecule has 21 heavy (non-hydrogen) atoms. The van der Waals surface area contributed by atoms with Gasteiger partial charge in [-0.2, -0.15) is 0 Å². The molecule has 0 aliphatic carbocycles. The van der Waals surface area contributed by atoms with Gasteiger partial charge in [0, 0.05) is 0 Å². The number of hydrogen-bond donors (Lipinski definition) is 4. The van der Waals surface area contributed by atoms with Gasteiger partial charge in [-0.15, -0.1) is 0 Å². The molecule has 0 heterocycles. The summed E-state index contributed by atoms with van der Waals surface area (Å²) in [4.78, 5) is 34.4. The summed E-state index contributed by atoms with van der Waals surface area (Å²) in [6.07, 6.45) is 0.912. The first-order valence-corrected chi connectivity index (χ1v) is 6.59. The molecule has 114 valence electrons. The number of amides is 3. The fourth-order valence-electron chi connectivity index (χ4n) is 1.89. The maximum absolute atomic E-state index is 12.2. The van der Waals surface area contributed by atoms with Crippen LogP contribution in [0.3, 0.4) is 0 Å². The average molecular weight is 293 g/mol. The summed E-state index contributed by atoms with van der Waals surface area (Å²) in [6.45, 7) is 1.82. The van der Waals surface area contributed by atoms with E-state index in [1.165, 1.54) is 0 Å². The van der Waals surface area contributed by atoms with E-state index in [9.17, 15) is 14.4 Å². The van der Waals surface area contributed by atoms with Crippen LogP contribution in [0.2, 0.25) is 0 Å². The van der Waals surface area contributed by atoms with Crippen LogP contribution in [0, 0.1) is 0 Å². The van der Waals surface area contributed by atoms with E-state index in [1.54, 1.807) is 30.3 Å². The molecule has 1 rings (SSSR count). The summed E-state index contributed by atoms with van der Waals surface area (Å²) in [7, 11) is 0. The highest BCUT2D eigenvalue weighted by Crippen LogP contribution is 2.13. The molecule has 1 aromatic rings. The van der Waals surface area contributed by atoms with Crippen molar-refractivity contribution in [2.24, 2.45) is 5.73 Å². The van der Waals surface area contributed by atoms with Gasteiger partial charge < -0.3 is 21.5 Å². The number of carboxylic acid groups (broad SMARTS) is 1. The van der Waals surface area contributed by atoms with E-state index < -0.39 is 30.0 Å². The Balaban J connectivity index is 2.90. The summed E-state index contributed by atoms with van der Waals surface area (Å²) in [6, 6.07) is 5.59. The lowest BCUT2D eigenvalue weighted by atomic mass is 10.1. The number of primary amides is 1. The third-order valence-electron chi connectivity index (χ3n) is 2.87. The Morgan fingerprint density at radius 3 is 2.29 bits per heavy atom. The third kappa shape index (κ3) is 5.13. The van der Waals surface area contributed by atoms with E-state index in [0.717, 1.165) is 0 Å². The van der Waals surface area contributed by atoms with Crippen molar-refractivity contribution in [2.45, 2.75) is 31.8 Å². The Labute approximate surface area is 122 Å². The van der Waals surface area contributed by atoms with Crippen LogP contribution < -0.4 is 16.4 Å². The van der Waals surface area contributed by atoms with E-state index in [1.807, 2.05) is 6.92 Å². The molecule has 0 aliphatic heterocycles. The monoisotopic (exact) mass is 293 g/mol. The summed E-state index contributed by atoms with van der Waals surface area (Å²) in [5.41, 5.74) is 5.59. The van der Waals surface area contributed by atoms with Crippen LogP contribution in [0.4, 0.5) is 4.79 Å². The Hall–Kier alpha value is -2.57. The zero-order valence-corrected chi connectivity index (χ0v) is 11.7. The van der Waals surface area contributed by atoms with Crippen LogP contribution in [0.25, 0.3) is 0 Å². The number of nitrogens with two attached hydrogens (primary N) is 1. The minimum atomic E-state index is -1.11. The number of nitrogens with one attached hydrogen (secondary N) is 2. The summed E-state index contributed by atoms with van der Waals surface area (Å²) < 4.78 is 0. The molecule has 0 aromatic heterocycles. The smallest absolute Gasteiger partial charge is 0.326 e. The Bertz CT molecular complexity index is 504. The number of carboxylic acids is 1. The van der Waals surface area contributed by atoms with Crippen molar-refractivity contribution >= 4 is 17.9 Å². The Morgan fingerprint density at radius 2 is 1.81 bits per heavy atom. The third-order valence-corrected chi connectivity index (χ3v) is 2.87. The number of rotatable bonds is 7.